The number of ether oxygens (including phenoxy) is 1. The molecule has 0 aliphatic rings. The molecule has 1 aromatic rings. The van der Waals surface area contributed by atoms with Crippen molar-refractivity contribution in [2.45, 2.75) is 39.7 Å². The average Bonchev–Trinajstić information content (AvgIpc) is 2.29. The molecular formula is C15H24O2. The standard InChI is InChI=1S/C15H24O2/c1-12(2)15(13(3)16)10-7-11-17-14-8-5-4-6-9-14/h4-6,8-9,12-13,15-16H,7,10-11H2,1-3H3. The lowest BCUT2D eigenvalue weighted by Crippen LogP contribution is -2.22. The summed E-state index contributed by atoms with van der Waals surface area (Å²) in [5, 5.41) is 9.66. The molecule has 0 aliphatic heterocycles. The largest absolute Gasteiger partial charge is 0.494 e. The van der Waals surface area contributed by atoms with E-state index in [0.717, 1.165) is 25.2 Å². The minimum atomic E-state index is -0.230. The van der Waals surface area contributed by atoms with E-state index in [9.17, 15) is 5.11 Å². The third kappa shape index (κ3) is 5.22. The highest BCUT2D eigenvalue weighted by atomic mass is 16.5. The Labute approximate surface area is 105 Å². The van der Waals surface area contributed by atoms with E-state index in [2.05, 4.69) is 13.8 Å². The van der Waals surface area contributed by atoms with Crippen molar-refractivity contribution in [1.82, 2.24) is 0 Å². The fourth-order valence-electron chi connectivity index (χ4n) is 2.16. The van der Waals surface area contributed by atoms with E-state index < -0.39 is 0 Å². The Hall–Kier alpha value is -1.02. The molecule has 1 N–H and O–H groups in total. The smallest absolute Gasteiger partial charge is 0.119 e. The summed E-state index contributed by atoms with van der Waals surface area (Å²) in [4.78, 5) is 0. The van der Waals surface area contributed by atoms with Gasteiger partial charge in [-0.2, -0.15) is 0 Å². The topological polar surface area (TPSA) is 29.5 Å². The van der Waals surface area contributed by atoms with E-state index in [4.69, 9.17) is 4.74 Å². The van der Waals surface area contributed by atoms with E-state index in [-0.39, 0.29) is 6.10 Å². The molecule has 2 heteroatoms. The Balaban J connectivity index is 2.23. The maximum atomic E-state index is 9.66. The molecule has 0 bridgehead atoms. The summed E-state index contributed by atoms with van der Waals surface area (Å²) in [7, 11) is 0. The Morgan fingerprint density at radius 3 is 2.29 bits per heavy atom. The number of hydrogen-bond donors (Lipinski definition) is 1. The highest BCUT2D eigenvalue weighted by Crippen LogP contribution is 2.21. The summed E-state index contributed by atoms with van der Waals surface area (Å²) in [6.45, 7) is 6.92. The molecule has 0 amide bonds. The van der Waals surface area contributed by atoms with Crippen LogP contribution >= 0.6 is 0 Å². The minimum absolute atomic E-state index is 0.230. The molecule has 0 radical (unpaired) electrons. The Morgan fingerprint density at radius 1 is 1.12 bits per heavy atom. The lowest BCUT2D eigenvalue weighted by Gasteiger charge is -2.23. The van der Waals surface area contributed by atoms with E-state index in [0.29, 0.717) is 11.8 Å². The van der Waals surface area contributed by atoms with Crippen molar-refractivity contribution in [3.8, 4) is 5.75 Å². The van der Waals surface area contributed by atoms with Gasteiger partial charge in [-0.25, -0.2) is 0 Å². The number of hydrogen-bond acceptors (Lipinski definition) is 2. The van der Waals surface area contributed by atoms with Crippen molar-refractivity contribution in [3.63, 3.8) is 0 Å². The lowest BCUT2D eigenvalue weighted by molar-refractivity contribution is 0.0874. The first-order chi connectivity index (χ1) is 8.11. The van der Waals surface area contributed by atoms with Crippen LogP contribution in [-0.2, 0) is 0 Å². The molecule has 0 aromatic heterocycles. The summed E-state index contributed by atoms with van der Waals surface area (Å²) in [6.07, 6.45) is 1.77. The van der Waals surface area contributed by atoms with Crippen LogP contribution in [0.25, 0.3) is 0 Å². The summed E-state index contributed by atoms with van der Waals surface area (Å²) in [5.41, 5.74) is 0. The van der Waals surface area contributed by atoms with Crippen molar-refractivity contribution >= 4 is 0 Å². The van der Waals surface area contributed by atoms with Gasteiger partial charge in [-0.1, -0.05) is 32.0 Å². The van der Waals surface area contributed by atoms with Crippen LogP contribution in [0.3, 0.4) is 0 Å². The van der Waals surface area contributed by atoms with Crippen molar-refractivity contribution < 1.29 is 9.84 Å². The molecule has 1 rings (SSSR count). The average molecular weight is 236 g/mol. The van der Waals surface area contributed by atoms with Gasteiger partial charge in [-0.15, -0.1) is 0 Å². The van der Waals surface area contributed by atoms with Crippen molar-refractivity contribution in [1.29, 1.82) is 0 Å². The molecule has 0 spiro atoms. The van der Waals surface area contributed by atoms with Crippen LogP contribution < -0.4 is 4.74 Å². The maximum absolute atomic E-state index is 9.66. The Kier molecular flexibility index (Phi) is 6.06. The van der Waals surface area contributed by atoms with Gasteiger partial charge < -0.3 is 9.84 Å². The quantitative estimate of drug-likeness (QED) is 0.734. The van der Waals surface area contributed by atoms with E-state index in [1.54, 1.807) is 0 Å². The second-order valence-corrected chi connectivity index (χ2v) is 4.95. The monoisotopic (exact) mass is 236 g/mol. The fourth-order valence-corrected chi connectivity index (χ4v) is 2.16. The predicted molar refractivity (Wildman–Crippen MR) is 71.2 cm³/mol. The van der Waals surface area contributed by atoms with Gasteiger partial charge in [0.25, 0.3) is 0 Å². The number of benzene rings is 1. The molecule has 2 unspecified atom stereocenters. The van der Waals surface area contributed by atoms with Crippen LogP contribution in [0.15, 0.2) is 30.3 Å². The SMILES string of the molecule is CC(C)C(CCCOc1ccccc1)C(C)O. The second-order valence-electron chi connectivity index (χ2n) is 4.95. The van der Waals surface area contributed by atoms with Crippen LogP contribution in [0, 0.1) is 11.8 Å². The predicted octanol–water partition coefficient (Wildman–Crippen LogP) is 3.50. The zero-order chi connectivity index (χ0) is 12.7. The van der Waals surface area contributed by atoms with Gasteiger partial charge >= 0.3 is 0 Å². The number of rotatable bonds is 7. The third-order valence-corrected chi connectivity index (χ3v) is 3.17. The summed E-state index contributed by atoms with van der Waals surface area (Å²) < 4.78 is 5.63. The van der Waals surface area contributed by atoms with Gasteiger partial charge in [0.05, 0.1) is 12.7 Å². The van der Waals surface area contributed by atoms with Crippen molar-refractivity contribution in [2.24, 2.45) is 11.8 Å². The zero-order valence-electron chi connectivity index (χ0n) is 11.1. The van der Waals surface area contributed by atoms with Crippen LogP contribution in [0.1, 0.15) is 33.6 Å². The van der Waals surface area contributed by atoms with Gasteiger partial charge in [0.1, 0.15) is 5.75 Å². The van der Waals surface area contributed by atoms with E-state index >= 15 is 0 Å². The number of para-hydroxylation sites is 1. The van der Waals surface area contributed by atoms with Gasteiger partial charge in [0, 0.05) is 0 Å². The maximum Gasteiger partial charge on any atom is 0.119 e. The molecular weight excluding hydrogens is 212 g/mol. The van der Waals surface area contributed by atoms with Crippen LogP contribution in [0.4, 0.5) is 0 Å². The first-order valence-electron chi connectivity index (χ1n) is 6.47. The molecule has 0 aliphatic carbocycles. The van der Waals surface area contributed by atoms with Gasteiger partial charge in [-0.05, 0) is 43.7 Å². The molecule has 0 saturated heterocycles. The van der Waals surface area contributed by atoms with Gasteiger partial charge in [0.2, 0.25) is 0 Å². The molecule has 0 saturated carbocycles. The molecule has 0 heterocycles. The van der Waals surface area contributed by atoms with Crippen molar-refractivity contribution in [2.75, 3.05) is 6.61 Å². The molecule has 1 aromatic carbocycles. The van der Waals surface area contributed by atoms with Crippen LogP contribution in [-0.4, -0.2) is 17.8 Å². The van der Waals surface area contributed by atoms with E-state index in [1.165, 1.54) is 0 Å². The van der Waals surface area contributed by atoms with Gasteiger partial charge in [-0.3, -0.25) is 0 Å². The van der Waals surface area contributed by atoms with Crippen molar-refractivity contribution in [3.05, 3.63) is 30.3 Å². The summed E-state index contributed by atoms with van der Waals surface area (Å²) in [6, 6.07) is 9.86. The van der Waals surface area contributed by atoms with Crippen LogP contribution in [0.5, 0.6) is 5.75 Å². The third-order valence-electron chi connectivity index (χ3n) is 3.17. The first kappa shape index (κ1) is 14.0. The number of aliphatic hydroxyl groups is 1. The lowest BCUT2D eigenvalue weighted by atomic mass is 9.87. The molecule has 2 nitrogen and oxygen atoms in total. The van der Waals surface area contributed by atoms with Crippen LogP contribution in [0.2, 0.25) is 0 Å². The summed E-state index contributed by atoms with van der Waals surface area (Å²) >= 11 is 0. The second kappa shape index (κ2) is 7.33. The molecule has 17 heavy (non-hydrogen) atoms. The first-order valence-corrected chi connectivity index (χ1v) is 6.47. The zero-order valence-corrected chi connectivity index (χ0v) is 11.1. The molecule has 96 valence electrons. The van der Waals surface area contributed by atoms with E-state index in [1.807, 2.05) is 37.3 Å². The fraction of sp³-hybridized carbons (Fsp3) is 0.600. The minimum Gasteiger partial charge on any atom is -0.494 e. The summed E-state index contributed by atoms with van der Waals surface area (Å²) in [5.74, 6) is 1.81. The molecule has 2 atom stereocenters. The number of aliphatic hydroxyl groups excluding tert-OH is 1. The Bertz CT molecular complexity index is 285. The normalized spacial score (nSPS) is 14.6. The highest BCUT2D eigenvalue weighted by molar-refractivity contribution is 5.20. The van der Waals surface area contributed by atoms with Gasteiger partial charge in [0.15, 0.2) is 0 Å². The molecule has 0 fully saturated rings. The Morgan fingerprint density at radius 2 is 1.76 bits per heavy atom. The highest BCUT2D eigenvalue weighted by Gasteiger charge is 2.18.